The molecule has 0 aliphatic rings. The largest absolute Gasteiger partial charge is 0.260 e. The van der Waals surface area contributed by atoms with Gasteiger partial charge in [-0.05, 0) is 22.4 Å². The number of halogens is 1. The average molecular weight is 350 g/mol. The number of hydrogen-bond acceptors (Lipinski definition) is 6. The molecule has 0 unspecified atom stereocenters. The fourth-order valence-corrected chi connectivity index (χ4v) is 3.64. The Hall–Kier alpha value is -1.33. The molecule has 104 valence electrons. The maximum absolute atomic E-state index is 12.0. The number of sulfonamides is 1. The van der Waals surface area contributed by atoms with Crippen LogP contribution in [0.4, 0.5) is 0 Å². The second-order valence-electron chi connectivity index (χ2n) is 3.73. The van der Waals surface area contributed by atoms with Crippen molar-refractivity contribution in [2.75, 3.05) is 6.54 Å². The van der Waals surface area contributed by atoms with Crippen LogP contribution < -0.4 is 4.72 Å². The molecule has 0 atom stereocenters. The van der Waals surface area contributed by atoms with Crippen LogP contribution in [0, 0.1) is 0 Å². The van der Waals surface area contributed by atoms with Crippen LogP contribution in [0.15, 0.2) is 22.0 Å². The fourth-order valence-electron chi connectivity index (χ4n) is 1.48. The number of rotatable bonds is 6. The topological polar surface area (TPSA) is 108 Å². The molecular formula is C8H12BrN7O2S. The third-order valence-corrected chi connectivity index (χ3v) is 4.67. The van der Waals surface area contributed by atoms with E-state index < -0.39 is 10.0 Å². The molecule has 2 rings (SSSR count). The lowest BCUT2D eigenvalue weighted by atomic mass is 10.4. The third kappa shape index (κ3) is 3.36. The highest BCUT2D eigenvalue weighted by atomic mass is 79.9. The highest BCUT2D eigenvalue weighted by Gasteiger charge is 2.23. The molecule has 11 heteroatoms. The number of nitrogens with one attached hydrogen (secondary N) is 1. The van der Waals surface area contributed by atoms with Gasteiger partial charge in [0, 0.05) is 26.3 Å². The lowest BCUT2D eigenvalue weighted by Crippen LogP contribution is -2.27. The van der Waals surface area contributed by atoms with Crippen LogP contribution in [0.2, 0.25) is 0 Å². The predicted molar refractivity (Wildman–Crippen MR) is 68.5 cm³/mol. The summed E-state index contributed by atoms with van der Waals surface area (Å²) in [7, 11) is -2.11. The van der Waals surface area contributed by atoms with Crippen LogP contribution in [-0.2, 0) is 23.6 Å². The van der Waals surface area contributed by atoms with Crippen molar-refractivity contribution in [2.24, 2.45) is 7.05 Å². The summed E-state index contributed by atoms with van der Waals surface area (Å²) in [5.41, 5.74) is 0. The molecule has 0 aliphatic heterocycles. The van der Waals surface area contributed by atoms with Gasteiger partial charge < -0.3 is 0 Å². The van der Waals surface area contributed by atoms with E-state index >= 15 is 0 Å². The summed E-state index contributed by atoms with van der Waals surface area (Å²) in [5, 5.41) is 14.7. The summed E-state index contributed by atoms with van der Waals surface area (Å²) in [6.45, 7) is 0.882. The van der Waals surface area contributed by atoms with E-state index in [1.165, 1.54) is 11.7 Å². The summed E-state index contributed by atoms with van der Waals surface area (Å²) in [5.74, 6) is 0. The van der Waals surface area contributed by atoms with E-state index in [2.05, 4.69) is 41.3 Å². The molecule has 0 saturated heterocycles. The Morgan fingerprint density at radius 1 is 1.42 bits per heavy atom. The molecule has 19 heavy (non-hydrogen) atoms. The van der Waals surface area contributed by atoms with Crippen molar-refractivity contribution in [1.82, 2.24) is 34.7 Å². The normalized spacial score (nSPS) is 11.9. The van der Waals surface area contributed by atoms with Crippen LogP contribution in [0.5, 0.6) is 0 Å². The van der Waals surface area contributed by atoms with Gasteiger partial charge in [0.25, 0.3) is 10.0 Å². The molecule has 0 saturated carbocycles. The van der Waals surface area contributed by atoms with E-state index in [1.54, 1.807) is 17.1 Å². The van der Waals surface area contributed by atoms with Crippen molar-refractivity contribution in [1.29, 1.82) is 0 Å². The molecule has 2 heterocycles. The summed E-state index contributed by atoms with van der Waals surface area (Å²) in [4.78, 5) is 0. The van der Waals surface area contributed by atoms with E-state index in [0.29, 0.717) is 19.5 Å². The summed E-state index contributed by atoms with van der Waals surface area (Å²) >= 11 is 3.06. The zero-order valence-electron chi connectivity index (χ0n) is 10.1. The van der Waals surface area contributed by atoms with Crippen molar-refractivity contribution < 1.29 is 8.42 Å². The van der Waals surface area contributed by atoms with Crippen molar-refractivity contribution in [2.45, 2.75) is 18.0 Å². The first-order chi connectivity index (χ1) is 9.00. The zero-order valence-corrected chi connectivity index (χ0v) is 12.5. The SMILES string of the molecule is Cn1nnc(Br)c1S(=O)(=O)NCCCn1ccnn1. The maximum Gasteiger partial charge on any atom is 0.260 e. The van der Waals surface area contributed by atoms with Crippen molar-refractivity contribution in [3.05, 3.63) is 17.0 Å². The smallest absolute Gasteiger partial charge is 0.253 e. The van der Waals surface area contributed by atoms with Gasteiger partial charge in [0.15, 0.2) is 4.60 Å². The van der Waals surface area contributed by atoms with Crippen molar-refractivity contribution >= 4 is 26.0 Å². The molecule has 0 radical (unpaired) electrons. The third-order valence-electron chi connectivity index (χ3n) is 2.32. The van der Waals surface area contributed by atoms with Gasteiger partial charge in [0.2, 0.25) is 5.03 Å². The second-order valence-corrected chi connectivity index (χ2v) is 6.16. The molecular weight excluding hydrogens is 338 g/mol. The first kappa shape index (κ1) is 14.1. The molecule has 0 bridgehead atoms. The first-order valence-electron chi connectivity index (χ1n) is 5.39. The number of hydrogen-bond donors (Lipinski definition) is 1. The van der Waals surface area contributed by atoms with Gasteiger partial charge in [0.1, 0.15) is 0 Å². The van der Waals surface area contributed by atoms with E-state index in [9.17, 15) is 8.42 Å². The minimum Gasteiger partial charge on any atom is -0.253 e. The minimum absolute atomic E-state index is 0.00764. The van der Waals surface area contributed by atoms with Crippen molar-refractivity contribution in [3.63, 3.8) is 0 Å². The minimum atomic E-state index is -3.62. The van der Waals surface area contributed by atoms with Crippen molar-refractivity contribution in [3.8, 4) is 0 Å². The molecule has 9 nitrogen and oxygen atoms in total. The molecule has 2 aromatic heterocycles. The summed E-state index contributed by atoms with van der Waals surface area (Å²) < 4.78 is 29.6. The Balaban J connectivity index is 1.92. The molecule has 1 N–H and O–H groups in total. The Labute approximate surface area is 118 Å². The van der Waals surface area contributed by atoms with E-state index in [1.807, 2.05) is 0 Å². The average Bonchev–Trinajstić information content (AvgIpc) is 2.95. The van der Waals surface area contributed by atoms with Crippen LogP contribution in [0.1, 0.15) is 6.42 Å². The summed E-state index contributed by atoms with van der Waals surface area (Å²) in [6, 6.07) is 0. The second kappa shape index (κ2) is 5.75. The quantitative estimate of drug-likeness (QED) is 0.707. The molecule has 0 aromatic carbocycles. The first-order valence-corrected chi connectivity index (χ1v) is 7.67. The van der Waals surface area contributed by atoms with Gasteiger partial charge in [-0.15, -0.1) is 10.2 Å². The summed E-state index contributed by atoms with van der Waals surface area (Å²) in [6.07, 6.45) is 3.89. The molecule has 0 fully saturated rings. The molecule has 0 amide bonds. The fraction of sp³-hybridized carbons (Fsp3) is 0.500. The Morgan fingerprint density at radius 3 is 2.79 bits per heavy atom. The van der Waals surface area contributed by atoms with Gasteiger partial charge in [-0.25, -0.2) is 17.8 Å². The van der Waals surface area contributed by atoms with Crippen LogP contribution in [0.3, 0.4) is 0 Å². The molecule has 0 aliphatic carbocycles. The monoisotopic (exact) mass is 349 g/mol. The van der Waals surface area contributed by atoms with Gasteiger partial charge in [-0.1, -0.05) is 10.4 Å². The number of aryl methyl sites for hydroxylation is 2. The maximum atomic E-state index is 12.0. The standard InChI is InChI=1S/C8H12BrN7O2S/c1-15-8(7(9)12-14-15)19(17,18)11-3-2-5-16-6-4-10-13-16/h4,6,11H,2-3,5H2,1H3. The molecule has 2 aromatic rings. The van der Waals surface area contributed by atoms with Crippen LogP contribution in [-0.4, -0.2) is 45.0 Å². The number of nitrogens with zero attached hydrogens (tertiary/aromatic N) is 6. The lowest BCUT2D eigenvalue weighted by Gasteiger charge is -2.06. The van der Waals surface area contributed by atoms with Gasteiger partial charge in [-0.2, -0.15) is 0 Å². The Morgan fingerprint density at radius 2 is 2.21 bits per heavy atom. The van der Waals surface area contributed by atoms with E-state index in [0.717, 1.165) is 0 Å². The Bertz CT molecular complexity index is 617. The highest BCUT2D eigenvalue weighted by Crippen LogP contribution is 2.17. The van der Waals surface area contributed by atoms with Crippen LogP contribution in [0.25, 0.3) is 0 Å². The van der Waals surface area contributed by atoms with Gasteiger partial charge in [0.05, 0.1) is 6.20 Å². The highest BCUT2D eigenvalue weighted by molar-refractivity contribution is 9.10. The zero-order chi connectivity index (χ0) is 13.9. The van der Waals surface area contributed by atoms with Gasteiger partial charge >= 0.3 is 0 Å². The molecule has 0 spiro atoms. The number of aromatic nitrogens is 6. The van der Waals surface area contributed by atoms with E-state index in [-0.39, 0.29) is 9.63 Å². The predicted octanol–water partition coefficient (Wildman–Crippen LogP) is -0.462. The lowest BCUT2D eigenvalue weighted by molar-refractivity contribution is 0.535. The Kier molecular flexibility index (Phi) is 4.27. The van der Waals surface area contributed by atoms with Crippen LogP contribution >= 0.6 is 15.9 Å². The van der Waals surface area contributed by atoms with Gasteiger partial charge in [-0.3, -0.25) is 4.68 Å². The van der Waals surface area contributed by atoms with E-state index in [4.69, 9.17) is 0 Å².